The second-order valence-electron chi connectivity index (χ2n) is 2.00. The molecule has 0 saturated carbocycles. The maximum absolute atomic E-state index is 10.8. The lowest BCUT2D eigenvalue weighted by molar-refractivity contribution is -0.191. The highest BCUT2D eigenvalue weighted by atomic mass is 16.6. The van der Waals surface area contributed by atoms with Crippen LogP contribution in [0.4, 0.5) is 0 Å². The van der Waals surface area contributed by atoms with Gasteiger partial charge in [0.2, 0.25) is 0 Å². The Morgan fingerprint density at radius 2 is 1.80 bits per heavy atom. The number of ether oxygens (including phenoxy) is 2. The van der Waals surface area contributed by atoms with Crippen molar-refractivity contribution in [3.8, 4) is 0 Å². The van der Waals surface area contributed by atoms with Gasteiger partial charge in [-0.15, -0.1) is 0 Å². The fourth-order valence-corrected chi connectivity index (χ4v) is 0.582. The van der Waals surface area contributed by atoms with E-state index in [1.165, 1.54) is 6.92 Å². The summed E-state index contributed by atoms with van der Waals surface area (Å²) < 4.78 is 15.9. The first kappa shape index (κ1) is 5.70. The van der Waals surface area contributed by atoms with Crippen molar-refractivity contribution in [3.05, 3.63) is 0 Å². The number of hydrogen-bond acceptors (Lipinski definition) is 4. The Morgan fingerprint density at radius 1 is 1.30 bits per heavy atom. The van der Waals surface area contributed by atoms with Gasteiger partial charge in [0.25, 0.3) is 0 Å². The molecule has 4 heteroatoms. The Balaban J connectivity index is 2.62. The molecular weight excluding hydrogens is 136 g/mol. The van der Waals surface area contributed by atoms with Crippen LogP contribution in [0.2, 0.25) is 0 Å². The van der Waals surface area contributed by atoms with E-state index in [0.29, 0.717) is 0 Å². The van der Waals surface area contributed by atoms with Crippen molar-refractivity contribution in [2.24, 2.45) is 0 Å². The molecular formula is C6H8O4. The van der Waals surface area contributed by atoms with Crippen LogP contribution in [0.15, 0.2) is 0 Å². The van der Waals surface area contributed by atoms with E-state index in [2.05, 4.69) is 9.47 Å². The zero-order valence-electron chi connectivity index (χ0n) is 6.49. The van der Waals surface area contributed by atoms with Crippen LogP contribution in [-0.2, 0) is 19.1 Å². The van der Waals surface area contributed by atoms with Gasteiger partial charge in [0.1, 0.15) is 0 Å². The fraction of sp³-hybridized carbons (Fsp3) is 0.667. The van der Waals surface area contributed by atoms with Gasteiger partial charge in [-0.1, -0.05) is 0 Å². The van der Waals surface area contributed by atoms with Crippen molar-refractivity contribution in [1.82, 2.24) is 0 Å². The van der Waals surface area contributed by atoms with Crippen molar-refractivity contribution in [2.45, 2.75) is 26.0 Å². The second-order valence-corrected chi connectivity index (χ2v) is 2.00. The lowest BCUT2D eigenvalue weighted by Crippen LogP contribution is -2.40. The van der Waals surface area contributed by atoms with Crippen molar-refractivity contribution < 1.29 is 20.4 Å². The standard InChI is InChI=1S/C6H8O4/c1-3-5(7)10-4(2)6(8)9-3/h3-4H,1-2H3/i1D. The SMILES string of the molecule is [2H]CC1OC(=O)C(C)OC1=O. The van der Waals surface area contributed by atoms with Gasteiger partial charge >= 0.3 is 11.9 Å². The Hall–Kier alpha value is -1.06. The molecule has 2 atom stereocenters. The summed E-state index contributed by atoms with van der Waals surface area (Å²) in [6, 6.07) is 0. The van der Waals surface area contributed by atoms with Gasteiger partial charge in [-0.2, -0.15) is 0 Å². The smallest absolute Gasteiger partial charge is 0.347 e. The van der Waals surface area contributed by atoms with E-state index in [1.807, 2.05) is 0 Å². The maximum atomic E-state index is 10.8. The molecule has 4 nitrogen and oxygen atoms in total. The number of carbonyl (C=O) groups excluding carboxylic acids is 2. The normalized spacial score (nSPS) is 34.3. The van der Waals surface area contributed by atoms with Gasteiger partial charge in [-0.05, 0) is 13.8 Å². The van der Waals surface area contributed by atoms with Crippen LogP contribution in [0.25, 0.3) is 0 Å². The molecule has 0 aromatic rings. The molecule has 0 bridgehead atoms. The summed E-state index contributed by atoms with van der Waals surface area (Å²) in [5.74, 6) is -1.21. The molecule has 0 amide bonds. The first-order chi connectivity index (χ1) is 5.15. The Kier molecular flexibility index (Phi) is 1.30. The average Bonchev–Trinajstić information content (AvgIpc) is 1.97. The van der Waals surface area contributed by atoms with Crippen molar-refractivity contribution in [3.63, 3.8) is 0 Å². The van der Waals surface area contributed by atoms with Gasteiger partial charge in [-0.3, -0.25) is 0 Å². The van der Waals surface area contributed by atoms with Crippen molar-refractivity contribution in [2.75, 3.05) is 0 Å². The van der Waals surface area contributed by atoms with Gasteiger partial charge in [0, 0.05) is 1.37 Å². The molecule has 0 aliphatic carbocycles. The van der Waals surface area contributed by atoms with E-state index in [9.17, 15) is 9.59 Å². The van der Waals surface area contributed by atoms with Crippen LogP contribution < -0.4 is 0 Å². The molecule has 0 aromatic carbocycles. The van der Waals surface area contributed by atoms with Crippen LogP contribution in [0.5, 0.6) is 0 Å². The molecule has 10 heavy (non-hydrogen) atoms. The highest BCUT2D eigenvalue weighted by molar-refractivity contribution is 5.86. The minimum atomic E-state index is -1.03. The molecule has 1 aliphatic heterocycles. The number of hydrogen-bond donors (Lipinski definition) is 0. The van der Waals surface area contributed by atoms with E-state index in [1.54, 1.807) is 0 Å². The Morgan fingerprint density at radius 3 is 2.40 bits per heavy atom. The minimum absolute atomic E-state index is 0.280. The second kappa shape index (κ2) is 2.28. The molecule has 1 heterocycles. The molecule has 0 spiro atoms. The quantitative estimate of drug-likeness (QED) is 0.445. The fourth-order valence-electron chi connectivity index (χ4n) is 0.582. The predicted molar refractivity (Wildman–Crippen MR) is 31.1 cm³/mol. The number of rotatable bonds is 0. The van der Waals surface area contributed by atoms with Crippen LogP contribution in [0.3, 0.4) is 0 Å². The summed E-state index contributed by atoms with van der Waals surface area (Å²) in [6.07, 6.45) is -1.86. The van der Waals surface area contributed by atoms with Gasteiger partial charge < -0.3 is 9.47 Å². The first-order valence-electron chi connectivity index (χ1n) is 3.56. The maximum Gasteiger partial charge on any atom is 0.347 e. The number of esters is 2. The van der Waals surface area contributed by atoms with Crippen LogP contribution in [0, 0.1) is 0 Å². The zero-order valence-corrected chi connectivity index (χ0v) is 5.49. The molecule has 56 valence electrons. The Bertz CT molecular complexity index is 191. The molecule has 0 N–H and O–H groups in total. The molecule has 1 fully saturated rings. The lowest BCUT2D eigenvalue weighted by atomic mass is 10.3. The van der Waals surface area contributed by atoms with Crippen LogP contribution >= 0.6 is 0 Å². The topological polar surface area (TPSA) is 52.6 Å². The highest BCUT2D eigenvalue weighted by Gasteiger charge is 2.32. The molecule has 2 unspecified atom stereocenters. The van der Waals surface area contributed by atoms with Crippen LogP contribution in [0.1, 0.15) is 15.2 Å². The van der Waals surface area contributed by atoms with Gasteiger partial charge in [0.15, 0.2) is 12.2 Å². The predicted octanol–water partition coefficient (Wildman–Crippen LogP) is -0.137. The van der Waals surface area contributed by atoms with Gasteiger partial charge in [0.05, 0.1) is 0 Å². The summed E-state index contributed by atoms with van der Waals surface area (Å²) in [7, 11) is 0. The average molecular weight is 145 g/mol. The largest absolute Gasteiger partial charge is 0.448 e. The lowest BCUT2D eigenvalue weighted by Gasteiger charge is -2.22. The van der Waals surface area contributed by atoms with E-state index >= 15 is 0 Å². The summed E-state index contributed by atoms with van der Waals surface area (Å²) in [5, 5.41) is 0. The Labute approximate surface area is 59.5 Å². The molecule has 0 aromatic heterocycles. The molecule has 0 radical (unpaired) electrons. The highest BCUT2D eigenvalue weighted by Crippen LogP contribution is 2.08. The van der Waals surface area contributed by atoms with E-state index in [-0.39, 0.29) is 6.90 Å². The molecule has 1 rings (SSSR count). The zero-order chi connectivity index (χ0) is 8.43. The third-order valence-corrected chi connectivity index (χ3v) is 1.15. The van der Waals surface area contributed by atoms with Crippen molar-refractivity contribution in [1.29, 1.82) is 0 Å². The third kappa shape index (κ3) is 1.10. The summed E-state index contributed by atoms with van der Waals surface area (Å²) in [4.78, 5) is 21.5. The van der Waals surface area contributed by atoms with Crippen LogP contribution in [-0.4, -0.2) is 24.1 Å². The minimum Gasteiger partial charge on any atom is -0.448 e. The number of cyclic esters (lactones) is 2. The molecule has 1 aliphatic rings. The first-order valence-corrected chi connectivity index (χ1v) is 2.85. The summed E-state index contributed by atoms with van der Waals surface area (Å²) in [6.45, 7) is 1.15. The van der Waals surface area contributed by atoms with E-state index < -0.39 is 24.1 Å². The third-order valence-electron chi connectivity index (χ3n) is 1.15. The monoisotopic (exact) mass is 145 g/mol. The van der Waals surface area contributed by atoms with Gasteiger partial charge in [-0.25, -0.2) is 9.59 Å². The van der Waals surface area contributed by atoms with E-state index in [0.717, 1.165) is 0 Å². The summed E-state index contributed by atoms with van der Waals surface area (Å²) in [5.41, 5.74) is 0. The number of carbonyl (C=O) groups is 2. The molecule has 1 saturated heterocycles. The van der Waals surface area contributed by atoms with E-state index in [4.69, 9.17) is 1.37 Å². The van der Waals surface area contributed by atoms with Crippen molar-refractivity contribution >= 4 is 11.9 Å². The summed E-state index contributed by atoms with van der Waals surface area (Å²) >= 11 is 0.